The van der Waals surface area contributed by atoms with Crippen LogP contribution in [-0.4, -0.2) is 18.2 Å². The molecule has 0 radical (unpaired) electrons. The molecule has 1 unspecified atom stereocenters. The number of rotatable bonds is 3. The van der Waals surface area contributed by atoms with Crippen molar-refractivity contribution in [2.45, 2.75) is 51.9 Å². The first kappa shape index (κ1) is 13.4. The van der Waals surface area contributed by atoms with Crippen molar-refractivity contribution >= 4 is 0 Å². The number of hydrogen-bond acceptors (Lipinski definition) is 2. The zero-order chi connectivity index (χ0) is 13.3. The quantitative estimate of drug-likeness (QED) is 0.853. The average molecular weight is 247 g/mol. The molecule has 18 heavy (non-hydrogen) atoms. The summed E-state index contributed by atoms with van der Waals surface area (Å²) in [6.07, 6.45) is 1.13. The Kier molecular flexibility index (Phi) is 3.96. The smallest absolute Gasteiger partial charge is 0.122 e. The molecule has 0 amide bonds. The van der Waals surface area contributed by atoms with E-state index in [-0.39, 0.29) is 0 Å². The Morgan fingerprint density at radius 1 is 1.11 bits per heavy atom. The third-order valence-electron chi connectivity index (χ3n) is 3.99. The van der Waals surface area contributed by atoms with E-state index in [1.54, 1.807) is 0 Å². The van der Waals surface area contributed by atoms with Crippen LogP contribution in [0.1, 0.15) is 68.6 Å². The Morgan fingerprint density at radius 2 is 1.72 bits per heavy atom. The van der Waals surface area contributed by atoms with Crippen LogP contribution >= 0.6 is 0 Å². The van der Waals surface area contributed by atoms with E-state index in [0.717, 1.165) is 25.1 Å². The lowest BCUT2D eigenvalue weighted by Crippen LogP contribution is -2.11. The fourth-order valence-electron chi connectivity index (χ4n) is 2.94. The van der Waals surface area contributed by atoms with Gasteiger partial charge in [-0.15, -0.1) is 0 Å². The molecule has 2 nitrogen and oxygen atoms in total. The van der Waals surface area contributed by atoms with Gasteiger partial charge in [-0.2, -0.15) is 0 Å². The maximum absolute atomic E-state index is 10.6. The zero-order valence-electron chi connectivity index (χ0n) is 12.0. The summed E-state index contributed by atoms with van der Waals surface area (Å²) in [6.45, 7) is 10.7. The third-order valence-corrected chi connectivity index (χ3v) is 3.99. The minimum absolute atomic E-state index is 0.374. The molecule has 2 heteroatoms. The SMILES string of the molecule is CC(C)c1ccc(C(C)C)c(C2CCNC2)c1O. The molecule has 1 aliphatic rings. The first-order valence-electron chi connectivity index (χ1n) is 7.08. The van der Waals surface area contributed by atoms with Gasteiger partial charge in [-0.1, -0.05) is 39.8 Å². The Morgan fingerprint density at radius 3 is 2.22 bits per heavy atom. The fourth-order valence-corrected chi connectivity index (χ4v) is 2.94. The van der Waals surface area contributed by atoms with Crippen LogP contribution in [0, 0.1) is 0 Å². The predicted octanol–water partition coefficient (Wildman–Crippen LogP) is 3.72. The molecule has 0 bridgehead atoms. The second-order valence-corrected chi connectivity index (χ2v) is 6.01. The van der Waals surface area contributed by atoms with Gasteiger partial charge in [0.05, 0.1) is 0 Å². The van der Waals surface area contributed by atoms with Crippen molar-refractivity contribution < 1.29 is 5.11 Å². The van der Waals surface area contributed by atoms with Crippen LogP contribution in [-0.2, 0) is 0 Å². The minimum Gasteiger partial charge on any atom is -0.507 e. The minimum atomic E-state index is 0.374. The van der Waals surface area contributed by atoms with Crippen LogP contribution in [0.15, 0.2) is 12.1 Å². The van der Waals surface area contributed by atoms with Crippen molar-refractivity contribution in [1.82, 2.24) is 5.32 Å². The van der Waals surface area contributed by atoms with E-state index in [0.29, 0.717) is 23.5 Å². The number of aromatic hydroxyl groups is 1. The van der Waals surface area contributed by atoms with E-state index in [1.807, 2.05) is 0 Å². The first-order valence-corrected chi connectivity index (χ1v) is 7.08. The van der Waals surface area contributed by atoms with E-state index >= 15 is 0 Å². The average Bonchev–Trinajstić information content (AvgIpc) is 2.80. The van der Waals surface area contributed by atoms with Crippen LogP contribution in [0.4, 0.5) is 0 Å². The molecule has 1 saturated heterocycles. The van der Waals surface area contributed by atoms with Gasteiger partial charge in [-0.3, -0.25) is 0 Å². The van der Waals surface area contributed by atoms with E-state index in [9.17, 15) is 5.11 Å². The molecule has 0 saturated carbocycles. The van der Waals surface area contributed by atoms with Gasteiger partial charge >= 0.3 is 0 Å². The summed E-state index contributed by atoms with van der Waals surface area (Å²) in [5.41, 5.74) is 3.59. The van der Waals surface area contributed by atoms with Crippen LogP contribution in [0.3, 0.4) is 0 Å². The standard InChI is InChI=1S/C16H25NO/c1-10(2)13-5-6-14(11(3)4)16(18)15(13)12-7-8-17-9-12/h5-6,10-12,17-18H,7-9H2,1-4H3. The van der Waals surface area contributed by atoms with E-state index in [2.05, 4.69) is 45.1 Å². The van der Waals surface area contributed by atoms with Crippen LogP contribution in [0.2, 0.25) is 0 Å². The molecule has 2 rings (SSSR count). The molecule has 100 valence electrons. The first-order chi connectivity index (χ1) is 8.52. The molecule has 2 N–H and O–H groups in total. The van der Waals surface area contributed by atoms with Gasteiger partial charge in [-0.25, -0.2) is 0 Å². The molecule has 0 spiro atoms. The van der Waals surface area contributed by atoms with Gasteiger partial charge in [0.25, 0.3) is 0 Å². The summed E-state index contributed by atoms with van der Waals surface area (Å²) >= 11 is 0. The number of nitrogens with one attached hydrogen (secondary N) is 1. The highest BCUT2D eigenvalue weighted by Crippen LogP contribution is 2.40. The molecule has 1 aliphatic heterocycles. The monoisotopic (exact) mass is 247 g/mol. The van der Waals surface area contributed by atoms with E-state index in [1.165, 1.54) is 11.1 Å². The maximum atomic E-state index is 10.6. The summed E-state index contributed by atoms with van der Waals surface area (Å²) in [6, 6.07) is 4.31. The number of phenolic OH excluding ortho intramolecular Hbond substituents is 1. The molecular formula is C16H25NO. The summed E-state index contributed by atoms with van der Waals surface area (Å²) < 4.78 is 0. The van der Waals surface area contributed by atoms with E-state index in [4.69, 9.17) is 0 Å². The highest BCUT2D eigenvalue weighted by molar-refractivity contribution is 5.50. The molecule has 1 fully saturated rings. The largest absolute Gasteiger partial charge is 0.507 e. The summed E-state index contributed by atoms with van der Waals surface area (Å²) in [4.78, 5) is 0. The summed E-state index contributed by atoms with van der Waals surface area (Å²) in [5, 5.41) is 14.0. The lowest BCUT2D eigenvalue weighted by molar-refractivity contribution is 0.450. The van der Waals surface area contributed by atoms with Gasteiger partial charge in [0, 0.05) is 18.0 Å². The summed E-state index contributed by atoms with van der Waals surface area (Å²) in [7, 11) is 0. The third kappa shape index (κ3) is 2.39. The zero-order valence-corrected chi connectivity index (χ0v) is 12.0. The van der Waals surface area contributed by atoms with Crippen molar-refractivity contribution in [2.75, 3.05) is 13.1 Å². The van der Waals surface area contributed by atoms with Crippen molar-refractivity contribution in [3.8, 4) is 5.75 Å². The van der Waals surface area contributed by atoms with Gasteiger partial charge in [0.1, 0.15) is 5.75 Å². The van der Waals surface area contributed by atoms with Crippen LogP contribution in [0.25, 0.3) is 0 Å². The normalized spacial score (nSPS) is 20.0. The van der Waals surface area contributed by atoms with Crippen LogP contribution < -0.4 is 5.32 Å². The number of hydrogen-bond donors (Lipinski definition) is 2. The lowest BCUT2D eigenvalue weighted by Gasteiger charge is -2.22. The van der Waals surface area contributed by atoms with Gasteiger partial charge in [-0.05, 0) is 35.9 Å². The highest BCUT2D eigenvalue weighted by atomic mass is 16.3. The Labute approximate surface area is 110 Å². The fraction of sp³-hybridized carbons (Fsp3) is 0.625. The molecule has 1 aromatic rings. The number of phenols is 1. The highest BCUT2D eigenvalue weighted by Gasteiger charge is 2.25. The van der Waals surface area contributed by atoms with Crippen LogP contribution in [0.5, 0.6) is 5.75 Å². The molecule has 0 aromatic heterocycles. The van der Waals surface area contributed by atoms with E-state index < -0.39 is 0 Å². The van der Waals surface area contributed by atoms with Gasteiger partial charge in [0.15, 0.2) is 0 Å². The number of benzene rings is 1. The second-order valence-electron chi connectivity index (χ2n) is 6.01. The molecule has 1 aromatic carbocycles. The Balaban J connectivity index is 2.52. The molecule has 0 aliphatic carbocycles. The Bertz CT molecular complexity index is 417. The second kappa shape index (κ2) is 5.31. The molecular weight excluding hydrogens is 222 g/mol. The molecule has 1 heterocycles. The van der Waals surface area contributed by atoms with Gasteiger partial charge < -0.3 is 10.4 Å². The Hall–Kier alpha value is -1.02. The predicted molar refractivity (Wildman–Crippen MR) is 76.5 cm³/mol. The summed E-state index contributed by atoms with van der Waals surface area (Å²) in [5.74, 6) is 1.86. The van der Waals surface area contributed by atoms with Crippen molar-refractivity contribution in [3.05, 3.63) is 28.8 Å². The van der Waals surface area contributed by atoms with Crippen molar-refractivity contribution in [3.63, 3.8) is 0 Å². The maximum Gasteiger partial charge on any atom is 0.122 e. The van der Waals surface area contributed by atoms with Crippen molar-refractivity contribution in [1.29, 1.82) is 0 Å². The topological polar surface area (TPSA) is 32.3 Å². The molecule has 1 atom stereocenters. The van der Waals surface area contributed by atoms with Crippen molar-refractivity contribution in [2.24, 2.45) is 0 Å². The lowest BCUT2D eigenvalue weighted by atomic mass is 9.84. The van der Waals surface area contributed by atoms with Gasteiger partial charge in [0.2, 0.25) is 0 Å².